The highest BCUT2D eigenvalue weighted by molar-refractivity contribution is 5.78. The minimum Gasteiger partial charge on any atom is -0.436 e. The fraction of sp³-hybridized carbons (Fsp3) is 0.214. The number of aromatic nitrogens is 3. The van der Waals surface area contributed by atoms with Crippen LogP contribution in [-0.2, 0) is 0 Å². The van der Waals surface area contributed by atoms with Crippen molar-refractivity contribution in [1.82, 2.24) is 15.0 Å². The monoisotopic (exact) mass is 270 g/mol. The number of aliphatic hydroxyl groups is 1. The van der Waals surface area contributed by atoms with Crippen molar-refractivity contribution in [3.05, 3.63) is 36.2 Å². The molecule has 1 aromatic carbocycles. The van der Waals surface area contributed by atoms with E-state index in [1.165, 1.54) is 0 Å². The third kappa shape index (κ3) is 2.33. The third-order valence-electron chi connectivity index (χ3n) is 2.91. The van der Waals surface area contributed by atoms with Gasteiger partial charge >= 0.3 is 0 Å². The Labute approximate surface area is 115 Å². The molecule has 0 atom stereocenters. The molecule has 0 unspecified atom stereocenters. The van der Waals surface area contributed by atoms with E-state index in [-0.39, 0.29) is 6.61 Å². The van der Waals surface area contributed by atoms with Crippen molar-refractivity contribution in [3.63, 3.8) is 0 Å². The number of aryl methyl sites for hydroxylation is 1. The molecular weight excluding hydrogens is 256 g/mol. The van der Waals surface area contributed by atoms with Crippen molar-refractivity contribution in [2.45, 2.75) is 6.92 Å². The molecule has 0 amide bonds. The highest BCUT2D eigenvalue weighted by atomic mass is 16.3. The standard InChI is InChI=1S/C14H14N4O2/c1-9-3-2-4-11-12(9)20-13(18-11)10-7-16-14(17-8-10)15-5-6-19/h2-4,7-8,19H,5-6H2,1H3,(H,15,16,17). The Morgan fingerprint density at radius 3 is 2.75 bits per heavy atom. The largest absolute Gasteiger partial charge is 0.436 e. The van der Waals surface area contributed by atoms with Crippen LogP contribution in [0.1, 0.15) is 5.56 Å². The fourth-order valence-electron chi connectivity index (χ4n) is 1.91. The summed E-state index contributed by atoms with van der Waals surface area (Å²) in [5, 5.41) is 11.6. The molecule has 0 saturated heterocycles. The van der Waals surface area contributed by atoms with Crippen molar-refractivity contribution < 1.29 is 9.52 Å². The Morgan fingerprint density at radius 2 is 2.05 bits per heavy atom. The molecule has 0 bridgehead atoms. The molecule has 0 saturated carbocycles. The fourth-order valence-corrected chi connectivity index (χ4v) is 1.91. The first-order chi connectivity index (χ1) is 9.78. The number of benzene rings is 1. The zero-order chi connectivity index (χ0) is 13.9. The van der Waals surface area contributed by atoms with Crippen LogP contribution < -0.4 is 5.32 Å². The number of nitrogens with zero attached hydrogens (tertiary/aromatic N) is 3. The molecule has 102 valence electrons. The first-order valence-electron chi connectivity index (χ1n) is 6.31. The average molecular weight is 270 g/mol. The first-order valence-corrected chi connectivity index (χ1v) is 6.31. The number of rotatable bonds is 4. The zero-order valence-corrected chi connectivity index (χ0v) is 11.0. The number of para-hydroxylation sites is 1. The van der Waals surface area contributed by atoms with Crippen molar-refractivity contribution in [2.24, 2.45) is 0 Å². The summed E-state index contributed by atoms with van der Waals surface area (Å²) in [6, 6.07) is 5.84. The molecule has 0 aliphatic carbocycles. The van der Waals surface area contributed by atoms with Gasteiger partial charge in [-0.1, -0.05) is 12.1 Å². The van der Waals surface area contributed by atoms with Gasteiger partial charge in [-0.15, -0.1) is 0 Å². The van der Waals surface area contributed by atoms with Crippen molar-refractivity contribution >= 4 is 17.0 Å². The van der Waals surface area contributed by atoms with E-state index in [2.05, 4.69) is 20.3 Å². The molecule has 0 radical (unpaired) electrons. The molecule has 3 rings (SSSR count). The lowest BCUT2D eigenvalue weighted by Gasteiger charge is -2.01. The van der Waals surface area contributed by atoms with Gasteiger partial charge in [0.1, 0.15) is 5.52 Å². The summed E-state index contributed by atoms with van der Waals surface area (Å²) in [4.78, 5) is 12.7. The normalized spacial score (nSPS) is 10.9. The Hall–Kier alpha value is -2.47. The van der Waals surface area contributed by atoms with Crippen LogP contribution in [-0.4, -0.2) is 33.2 Å². The molecular formula is C14H14N4O2. The van der Waals surface area contributed by atoms with E-state index in [4.69, 9.17) is 9.52 Å². The summed E-state index contributed by atoms with van der Waals surface area (Å²) >= 11 is 0. The Bertz CT molecular complexity index is 722. The van der Waals surface area contributed by atoms with Crippen LogP contribution in [0.5, 0.6) is 0 Å². The van der Waals surface area contributed by atoms with E-state index in [1.54, 1.807) is 12.4 Å². The Morgan fingerprint density at radius 1 is 1.25 bits per heavy atom. The number of aliphatic hydroxyl groups excluding tert-OH is 1. The average Bonchev–Trinajstić information content (AvgIpc) is 2.91. The maximum absolute atomic E-state index is 8.72. The number of hydrogen-bond donors (Lipinski definition) is 2. The lowest BCUT2D eigenvalue weighted by Crippen LogP contribution is -2.08. The quantitative estimate of drug-likeness (QED) is 0.754. The highest BCUT2D eigenvalue weighted by Gasteiger charge is 2.10. The van der Waals surface area contributed by atoms with Crippen LogP contribution in [0.25, 0.3) is 22.6 Å². The van der Waals surface area contributed by atoms with E-state index < -0.39 is 0 Å². The molecule has 2 heterocycles. The summed E-state index contributed by atoms with van der Waals surface area (Å²) in [5.74, 6) is 0.970. The molecule has 0 spiro atoms. The van der Waals surface area contributed by atoms with Crippen LogP contribution in [0.15, 0.2) is 35.0 Å². The molecule has 2 aromatic heterocycles. The zero-order valence-electron chi connectivity index (χ0n) is 11.0. The topological polar surface area (TPSA) is 84.1 Å². The van der Waals surface area contributed by atoms with Gasteiger partial charge in [0.05, 0.1) is 12.2 Å². The number of hydrogen-bond acceptors (Lipinski definition) is 6. The van der Waals surface area contributed by atoms with Gasteiger partial charge in [0.15, 0.2) is 5.58 Å². The SMILES string of the molecule is Cc1cccc2nc(-c3cnc(NCCO)nc3)oc12. The predicted octanol–water partition coefficient (Wildman–Crippen LogP) is 2.00. The van der Waals surface area contributed by atoms with Gasteiger partial charge < -0.3 is 14.8 Å². The number of anilines is 1. The van der Waals surface area contributed by atoms with E-state index in [0.717, 1.165) is 22.2 Å². The number of fused-ring (bicyclic) bond motifs is 1. The van der Waals surface area contributed by atoms with Gasteiger partial charge in [-0.05, 0) is 18.6 Å². The minimum atomic E-state index is 0.0372. The molecule has 0 aliphatic rings. The van der Waals surface area contributed by atoms with E-state index in [0.29, 0.717) is 18.4 Å². The second kappa shape index (κ2) is 5.26. The maximum Gasteiger partial charge on any atom is 0.230 e. The summed E-state index contributed by atoms with van der Waals surface area (Å²) in [6.07, 6.45) is 3.29. The van der Waals surface area contributed by atoms with Crippen molar-refractivity contribution in [1.29, 1.82) is 0 Å². The second-order valence-corrected chi connectivity index (χ2v) is 4.39. The Kier molecular flexibility index (Phi) is 3.30. The van der Waals surface area contributed by atoms with Crippen LogP contribution in [0.2, 0.25) is 0 Å². The van der Waals surface area contributed by atoms with Gasteiger partial charge in [-0.2, -0.15) is 0 Å². The molecule has 2 N–H and O–H groups in total. The summed E-state index contributed by atoms with van der Waals surface area (Å²) in [6.45, 7) is 2.44. The van der Waals surface area contributed by atoms with Crippen LogP contribution >= 0.6 is 0 Å². The van der Waals surface area contributed by atoms with Gasteiger partial charge in [-0.25, -0.2) is 15.0 Å². The van der Waals surface area contributed by atoms with Gasteiger partial charge in [0.25, 0.3) is 0 Å². The molecule has 6 heteroatoms. The molecule has 3 aromatic rings. The second-order valence-electron chi connectivity index (χ2n) is 4.39. The third-order valence-corrected chi connectivity index (χ3v) is 2.91. The van der Waals surface area contributed by atoms with E-state index >= 15 is 0 Å². The lowest BCUT2D eigenvalue weighted by atomic mass is 10.2. The first kappa shape index (κ1) is 12.6. The number of nitrogens with one attached hydrogen (secondary N) is 1. The smallest absolute Gasteiger partial charge is 0.230 e. The van der Waals surface area contributed by atoms with Gasteiger partial charge in [0.2, 0.25) is 11.8 Å². The molecule has 6 nitrogen and oxygen atoms in total. The van der Waals surface area contributed by atoms with Crippen LogP contribution in [0.4, 0.5) is 5.95 Å². The van der Waals surface area contributed by atoms with Gasteiger partial charge in [-0.3, -0.25) is 0 Å². The Balaban J connectivity index is 1.92. The summed E-state index contributed by atoms with van der Waals surface area (Å²) in [5.41, 5.74) is 3.37. The molecule has 0 fully saturated rings. The summed E-state index contributed by atoms with van der Waals surface area (Å²) in [7, 11) is 0. The van der Waals surface area contributed by atoms with Crippen LogP contribution in [0, 0.1) is 6.92 Å². The van der Waals surface area contributed by atoms with Crippen molar-refractivity contribution in [2.75, 3.05) is 18.5 Å². The van der Waals surface area contributed by atoms with Crippen LogP contribution in [0.3, 0.4) is 0 Å². The maximum atomic E-state index is 8.72. The van der Waals surface area contributed by atoms with E-state index in [9.17, 15) is 0 Å². The van der Waals surface area contributed by atoms with Crippen molar-refractivity contribution in [3.8, 4) is 11.5 Å². The number of oxazole rings is 1. The predicted molar refractivity (Wildman–Crippen MR) is 75.3 cm³/mol. The minimum absolute atomic E-state index is 0.0372. The summed E-state index contributed by atoms with van der Waals surface area (Å²) < 4.78 is 5.75. The molecule has 0 aliphatic heterocycles. The van der Waals surface area contributed by atoms with Gasteiger partial charge in [0, 0.05) is 18.9 Å². The highest BCUT2D eigenvalue weighted by Crippen LogP contribution is 2.25. The van der Waals surface area contributed by atoms with E-state index in [1.807, 2.05) is 25.1 Å². The molecule has 20 heavy (non-hydrogen) atoms. The lowest BCUT2D eigenvalue weighted by molar-refractivity contribution is 0.311.